The van der Waals surface area contributed by atoms with Crippen molar-refractivity contribution in [2.24, 2.45) is 21.3 Å². The van der Waals surface area contributed by atoms with Gasteiger partial charge in [-0.1, -0.05) is 0 Å². The molecule has 0 rings (SSSR count). The Balaban J connectivity index is -0.0000000693. The van der Waals surface area contributed by atoms with E-state index in [9.17, 15) is 0 Å². The maximum absolute atomic E-state index is 8.97. The average Bonchev–Trinajstić information content (AvgIpc) is 1.77. The van der Waals surface area contributed by atoms with Crippen LogP contribution in [-0.4, -0.2) is 44.1 Å². The van der Waals surface area contributed by atoms with Crippen molar-refractivity contribution in [3.63, 3.8) is 0 Å². The summed E-state index contributed by atoms with van der Waals surface area (Å²) in [4.78, 5) is 0. The van der Waals surface area contributed by atoms with E-state index >= 15 is 0 Å². The van der Waals surface area contributed by atoms with Gasteiger partial charge in [0.05, 0.1) is 0 Å². The molecule has 0 aromatic rings. The summed E-state index contributed by atoms with van der Waals surface area (Å²) in [5.74, 6) is 3.50. The third-order valence-corrected chi connectivity index (χ3v) is 0. The highest BCUT2D eigenvalue weighted by Gasteiger charge is 1.82. The fourth-order valence-electron chi connectivity index (χ4n) is 0. The smallest absolute Gasteiger partial charge is 0.320 e. The predicted molar refractivity (Wildman–Crippen MR) is 53.2 cm³/mol. The van der Waals surface area contributed by atoms with Crippen LogP contribution < -0.4 is 21.3 Å². The zero-order valence-corrected chi connectivity index (χ0v) is 10.2. The first-order valence-electron chi connectivity index (χ1n) is 2.51. The Bertz CT molecular complexity index is 344. The van der Waals surface area contributed by atoms with Crippen molar-refractivity contribution in [2.45, 2.75) is 0 Å². The first-order chi connectivity index (χ1) is 7.00. The van der Waals surface area contributed by atoms with E-state index in [1.54, 1.807) is 0 Å². The molecule has 0 fully saturated rings. The molecule has 0 aliphatic rings. The molecule has 0 heterocycles. The number of hydrogen-bond donors (Lipinski definition) is 8. The minimum atomic E-state index is -4.17. The van der Waals surface area contributed by atoms with Gasteiger partial charge < -0.3 is 5.21 Å². The van der Waals surface area contributed by atoms with Crippen LogP contribution in [0, 0.1) is 0 Å². The topological polar surface area (TPSA) is 287 Å². The van der Waals surface area contributed by atoms with Crippen molar-refractivity contribution in [1.82, 2.24) is 0 Å². The van der Waals surface area contributed by atoms with Gasteiger partial charge in [0.25, 0.3) is 0 Å². The second-order valence-electron chi connectivity index (χ2n) is 1.54. The number of hydrogen-bond acceptors (Lipinski definition) is 8. The average molecular weight is 324 g/mol. The lowest BCUT2D eigenvalue weighted by Crippen LogP contribution is -2.08. The zero-order chi connectivity index (χ0) is 15.5. The Hall–Kier alpha value is -0.470. The summed E-state index contributed by atoms with van der Waals surface area (Å²) in [6.07, 6.45) is 0. The highest BCUT2D eigenvalue weighted by molar-refractivity contribution is 7.83. The highest BCUT2D eigenvalue weighted by Crippen LogP contribution is 1.51. The van der Waals surface area contributed by atoms with Crippen molar-refractivity contribution in [2.75, 3.05) is 0 Å². The molecule has 0 spiro atoms. The SMILES string of the molecule is NO.NS(=O)(=O)O.NS(=O)(=O)O.NS(=O)(=O)O. The predicted octanol–water partition coefficient (Wildman–Crippen LogP) is -4.42. The minimum absolute atomic E-state index is 3.50. The molecule has 0 aromatic carbocycles. The van der Waals surface area contributed by atoms with Crippen LogP contribution in [0.1, 0.15) is 0 Å². The maximum Gasteiger partial charge on any atom is 0.330 e. The van der Waals surface area contributed by atoms with Gasteiger partial charge in [0, 0.05) is 0 Å². The van der Waals surface area contributed by atoms with Crippen LogP contribution >= 0.6 is 0 Å². The summed E-state index contributed by atoms with van der Waals surface area (Å²) in [5.41, 5.74) is 0. The first-order valence-corrected chi connectivity index (χ1v) is 7.02. The molecule has 12 N–H and O–H groups in total. The lowest BCUT2D eigenvalue weighted by molar-refractivity contribution is 0.311. The standard InChI is InChI=1S/3H3NO3S.H3NO/c3*1-5(2,3)4;1-2/h3*(H3,1,2,3,4);2H,1H2. The molecule has 0 aliphatic heterocycles. The van der Waals surface area contributed by atoms with Gasteiger partial charge in [-0.05, 0) is 0 Å². The molecule has 0 radical (unpaired) electrons. The van der Waals surface area contributed by atoms with Crippen LogP contribution in [0.15, 0.2) is 0 Å². The number of nitrogens with two attached hydrogens (primary N) is 4. The van der Waals surface area contributed by atoms with Gasteiger partial charge in [0.2, 0.25) is 0 Å². The highest BCUT2D eigenvalue weighted by atomic mass is 32.2. The first kappa shape index (κ1) is 25.4. The van der Waals surface area contributed by atoms with Crippen LogP contribution in [0.2, 0.25) is 0 Å². The van der Waals surface area contributed by atoms with E-state index in [2.05, 4.69) is 21.3 Å². The fraction of sp³-hybridized carbons (Fsp3) is 0. The Morgan fingerprint density at radius 2 is 0.529 bits per heavy atom. The van der Waals surface area contributed by atoms with Gasteiger partial charge in [0.1, 0.15) is 0 Å². The normalized spacial score (nSPS) is 10.6. The van der Waals surface area contributed by atoms with Crippen molar-refractivity contribution in [3.8, 4) is 0 Å². The molecule has 14 nitrogen and oxygen atoms in total. The summed E-state index contributed by atoms with van der Waals surface area (Å²) in [6.45, 7) is 0. The lowest BCUT2D eigenvalue weighted by atomic mass is 13.6. The van der Waals surface area contributed by atoms with Crippen LogP contribution in [0.4, 0.5) is 0 Å². The second kappa shape index (κ2) is 10.7. The quantitative estimate of drug-likeness (QED) is 0.155. The van der Waals surface area contributed by atoms with Crippen molar-refractivity contribution < 1.29 is 44.1 Å². The van der Waals surface area contributed by atoms with Gasteiger partial charge in [-0.25, -0.2) is 21.3 Å². The molecule has 0 unspecified atom stereocenters. The van der Waals surface area contributed by atoms with Gasteiger partial charge in [-0.3, -0.25) is 13.7 Å². The van der Waals surface area contributed by atoms with Crippen LogP contribution in [0.25, 0.3) is 0 Å². The summed E-state index contributed by atoms with van der Waals surface area (Å²) in [7, 11) is -12.5. The van der Waals surface area contributed by atoms with Gasteiger partial charge >= 0.3 is 30.9 Å². The fourth-order valence-corrected chi connectivity index (χ4v) is 0. The molecule has 0 saturated heterocycles. The summed E-state index contributed by atoms with van der Waals surface area (Å²) < 4.78 is 75.6. The monoisotopic (exact) mass is 324 g/mol. The molecule has 17 heavy (non-hydrogen) atoms. The van der Waals surface area contributed by atoms with Crippen LogP contribution in [0.3, 0.4) is 0 Å². The third kappa shape index (κ3) is 12900. The summed E-state index contributed by atoms with van der Waals surface area (Å²) >= 11 is 0. The van der Waals surface area contributed by atoms with Gasteiger partial charge in [0.15, 0.2) is 0 Å². The van der Waals surface area contributed by atoms with Crippen molar-refractivity contribution in [1.29, 1.82) is 0 Å². The lowest BCUT2D eigenvalue weighted by Gasteiger charge is -1.70. The van der Waals surface area contributed by atoms with Crippen LogP contribution in [0.5, 0.6) is 0 Å². The molecule has 0 atom stereocenters. The second-order valence-corrected chi connectivity index (χ2v) is 4.63. The Morgan fingerprint density at radius 3 is 0.529 bits per heavy atom. The molecule has 0 amide bonds. The Labute approximate surface area is 96.8 Å². The molecule has 17 heteroatoms. The maximum atomic E-state index is 8.97. The summed E-state index contributed by atoms with van der Waals surface area (Å²) in [5, 5.41) is 18.1. The van der Waals surface area contributed by atoms with E-state index < -0.39 is 30.9 Å². The molecule has 0 saturated carbocycles. The zero-order valence-electron chi connectivity index (χ0n) is 7.77. The van der Waals surface area contributed by atoms with E-state index in [1.807, 2.05) is 0 Å². The minimum Gasteiger partial charge on any atom is -0.320 e. The molecule has 0 aliphatic carbocycles. The largest absolute Gasteiger partial charge is 0.330 e. The van der Waals surface area contributed by atoms with Crippen molar-refractivity contribution in [3.05, 3.63) is 0 Å². The van der Waals surface area contributed by atoms with Crippen LogP contribution in [-0.2, 0) is 30.9 Å². The Kier molecular flexibility index (Phi) is 15.9. The van der Waals surface area contributed by atoms with Gasteiger partial charge in [-0.15, -0.1) is 0 Å². The van der Waals surface area contributed by atoms with E-state index in [-0.39, 0.29) is 0 Å². The Morgan fingerprint density at radius 1 is 0.529 bits per heavy atom. The molecule has 0 aromatic heterocycles. The molecular weight excluding hydrogens is 312 g/mol. The van der Waals surface area contributed by atoms with E-state index in [0.717, 1.165) is 0 Å². The van der Waals surface area contributed by atoms with Crippen molar-refractivity contribution >= 4 is 30.9 Å². The molecular formula is H12N4O10S3. The van der Waals surface area contributed by atoms with E-state index in [1.165, 1.54) is 0 Å². The summed E-state index contributed by atoms with van der Waals surface area (Å²) in [6, 6.07) is 0. The molecule has 110 valence electrons. The van der Waals surface area contributed by atoms with E-state index in [0.29, 0.717) is 0 Å². The van der Waals surface area contributed by atoms with Gasteiger partial charge in [-0.2, -0.15) is 25.3 Å². The number of rotatable bonds is 0. The van der Waals surface area contributed by atoms with E-state index in [4.69, 9.17) is 44.1 Å². The third-order valence-electron chi connectivity index (χ3n) is 0. The molecule has 0 bridgehead atoms.